The van der Waals surface area contributed by atoms with Crippen LogP contribution in [0.5, 0.6) is 0 Å². The third kappa shape index (κ3) is 4.12. The number of hydrogen-bond donors (Lipinski definition) is 2. The number of aromatic nitrogens is 1. The molecule has 2 N–H and O–H groups in total. The van der Waals surface area contributed by atoms with E-state index in [4.69, 9.17) is 0 Å². The molecule has 0 aliphatic heterocycles. The zero-order valence-electron chi connectivity index (χ0n) is 8.84. The van der Waals surface area contributed by atoms with E-state index in [0.717, 1.165) is 18.7 Å². The van der Waals surface area contributed by atoms with Crippen LogP contribution in [0, 0.1) is 5.92 Å². The molecule has 1 aromatic rings. The largest absolute Gasteiger partial charge is 0.365 e. The minimum absolute atomic E-state index is 0.133. The highest BCUT2D eigenvalue weighted by Gasteiger charge is 2.02. The minimum Gasteiger partial charge on any atom is -0.365 e. The lowest BCUT2D eigenvalue weighted by Crippen LogP contribution is -2.27. The molecule has 78 valence electrons. The van der Waals surface area contributed by atoms with Crippen molar-refractivity contribution in [3.8, 4) is 0 Å². The van der Waals surface area contributed by atoms with Crippen molar-refractivity contribution in [1.29, 1.82) is 0 Å². The van der Waals surface area contributed by atoms with Gasteiger partial charge in [-0.15, -0.1) is 0 Å². The maximum atomic E-state index is 11.3. The van der Waals surface area contributed by atoms with Crippen molar-refractivity contribution >= 4 is 5.91 Å². The van der Waals surface area contributed by atoms with Gasteiger partial charge in [-0.05, 0) is 24.5 Å². The molecule has 0 spiro atoms. The van der Waals surface area contributed by atoms with Crippen molar-refractivity contribution in [3.05, 3.63) is 24.0 Å². The maximum Gasteiger partial charge on any atom is 0.220 e. The van der Waals surface area contributed by atoms with Gasteiger partial charge in [0.15, 0.2) is 0 Å². The van der Waals surface area contributed by atoms with Gasteiger partial charge >= 0.3 is 0 Å². The molecule has 1 heterocycles. The Balaban J connectivity index is 2.15. The summed E-state index contributed by atoms with van der Waals surface area (Å²) in [5.41, 5.74) is 1.12. The first-order valence-corrected chi connectivity index (χ1v) is 5.07. The Labute approximate surface area is 84.9 Å². The van der Waals surface area contributed by atoms with Gasteiger partial charge in [0.2, 0.25) is 5.91 Å². The van der Waals surface area contributed by atoms with Crippen molar-refractivity contribution in [2.75, 3.05) is 6.54 Å². The normalized spacial score (nSPS) is 10.5. The molecule has 0 saturated heterocycles. The third-order valence-electron chi connectivity index (χ3n) is 1.99. The SMILES string of the molecule is CC(C)CNC(=O)CCc1ccc[nH]1. The van der Waals surface area contributed by atoms with Crippen LogP contribution in [-0.2, 0) is 11.2 Å². The van der Waals surface area contributed by atoms with Crippen LogP contribution in [0.4, 0.5) is 0 Å². The van der Waals surface area contributed by atoms with Crippen LogP contribution in [0.2, 0.25) is 0 Å². The first-order chi connectivity index (χ1) is 6.68. The number of aromatic amines is 1. The van der Waals surface area contributed by atoms with Gasteiger partial charge in [0.25, 0.3) is 0 Å². The molecule has 14 heavy (non-hydrogen) atoms. The van der Waals surface area contributed by atoms with Gasteiger partial charge in [0.05, 0.1) is 0 Å². The van der Waals surface area contributed by atoms with E-state index in [0.29, 0.717) is 12.3 Å². The Morgan fingerprint density at radius 1 is 1.57 bits per heavy atom. The van der Waals surface area contributed by atoms with Crippen molar-refractivity contribution < 1.29 is 4.79 Å². The summed E-state index contributed by atoms with van der Waals surface area (Å²) in [6.45, 7) is 4.94. The minimum atomic E-state index is 0.133. The fourth-order valence-corrected chi connectivity index (χ4v) is 1.18. The first-order valence-electron chi connectivity index (χ1n) is 5.07. The average Bonchev–Trinajstić information content (AvgIpc) is 2.63. The van der Waals surface area contributed by atoms with Gasteiger partial charge in [-0.3, -0.25) is 4.79 Å². The molecule has 3 heteroatoms. The number of carbonyl (C=O) groups is 1. The fourth-order valence-electron chi connectivity index (χ4n) is 1.18. The second-order valence-corrected chi connectivity index (χ2v) is 3.89. The lowest BCUT2D eigenvalue weighted by Gasteiger charge is -2.06. The van der Waals surface area contributed by atoms with E-state index in [1.165, 1.54) is 0 Å². The molecule has 0 radical (unpaired) electrons. The molecule has 0 fully saturated rings. The Kier molecular flexibility index (Phi) is 4.23. The lowest BCUT2D eigenvalue weighted by molar-refractivity contribution is -0.121. The van der Waals surface area contributed by atoms with Crippen molar-refractivity contribution in [2.24, 2.45) is 5.92 Å². The summed E-state index contributed by atoms with van der Waals surface area (Å²) in [5.74, 6) is 0.651. The Hall–Kier alpha value is -1.25. The van der Waals surface area contributed by atoms with Crippen molar-refractivity contribution in [2.45, 2.75) is 26.7 Å². The van der Waals surface area contributed by atoms with E-state index >= 15 is 0 Å². The number of H-pyrrole nitrogens is 1. The number of amides is 1. The summed E-state index contributed by atoms with van der Waals surface area (Å²) in [6.07, 6.45) is 3.23. The summed E-state index contributed by atoms with van der Waals surface area (Å²) in [7, 11) is 0. The third-order valence-corrected chi connectivity index (χ3v) is 1.99. The van der Waals surface area contributed by atoms with Gasteiger partial charge in [0, 0.05) is 24.9 Å². The molecule has 3 nitrogen and oxygen atoms in total. The van der Waals surface area contributed by atoms with Gasteiger partial charge < -0.3 is 10.3 Å². The monoisotopic (exact) mass is 194 g/mol. The van der Waals surface area contributed by atoms with Crippen LogP contribution in [0.15, 0.2) is 18.3 Å². The maximum absolute atomic E-state index is 11.3. The van der Waals surface area contributed by atoms with Crippen LogP contribution in [-0.4, -0.2) is 17.4 Å². The Morgan fingerprint density at radius 2 is 2.36 bits per heavy atom. The summed E-state index contributed by atoms with van der Waals surface area (Å²) >= 11 is 0. The Bertz CT molecular complexity index is 265. The predicted octanol–water partition coefficient (Wildman–Crippen LogP) is 1.72. The van der Waals surface area contributed by atoms with Gasteiger partial charge in [-0.1, -0.05) is 13.8 Å². The first kappa shape index (κ1) is 10.8. The molecule has 0 aliphatic carbocycles. The quantitative estimate of drug-likeness (QED) is 0.736. The second kappa shape index (κ2) is 5.47. The topological polar surface area (TPSA) is 44.9 Å². The highest BCUT2D eigenvalue weighted by atomic mass is 16.1. The van der Waals surface area contributed by atoms with E-state index in [9.17, 15) is 4.79 Å². The number of aryl methyl sites for hydroxylation is 1. The van der Waals surface area contributed by atoms with Crippen LogP contribution in [0.3, 0.4) is 0 Å². The summed E-state index contributed by atoms with van der Waals surface area (Å²) in [6, 6.07) is 3.94. The highest BCUT2D eigenvalue weighted by molar-refractivity contribution is 5.76. The molecule has 0 unspecified atom stereocenters. The van der Waals surface area contributed by atoms with E-state index in [1.807, 2.05) is 18.3 Å². The molecule has 1 aromatic heterocycles. The number of hydrogen-bond acceptors (Lipinski definition) is 1. The van der Waals surface area contributed by atoms with Crippen LogP contribution in [0.1, 0.15) is 26.0 Å². The van der Waals surface area contributed by atoms with Gasteiger partial charge in [-0.2, -0.15) is 0 Å². The van der Waals surface area contributed by atoms with E-state index in [-0.39, 0.29) is 5.91 Å². The van der Waals surface area contributed by atoms with Gasteiger partial charge in [-0.25, -0.2) is 0 Å². The zero-order valence-corrected chi connectivity index (χ0v) is 8.84. The standard InChI is InChI=1S/C11H18N2O/c1-9(2)8-13-11(14)6-5-10-4-3-7-12-10/h3-4,7,9,12H,5-6,8H2,1-2H3,(H,13,14). The van der Waals surface area contributed by atoms with Crippen molar-refractivity contribution in [1.82, 2.24) is 10.3 Å². The summed E-state index contributed by atoms with van der Waals surface area (Å²) in [4.78, 5) is 14.4. The zero-order chi connectivity index (χ0) is 10.4. The highest BCUT2D eigenvalue weighted by Crippen LogP contribution is 1.99. The Morgan fingerprint density at radius 3 is 2.93 bits per heavy atom. The van der Waals surface area contributed by atoms with Gasteiger partial charge in [0.1, 0.15) is 0 Å². The van der Waals surface area contributed by atoms with Crippen LogP contribution in [0.25, 0.3) is 0 Å². The molecule has 1 rings (SSSR count). The number of carbonyl (C=O) groups excluding carboxylic acids is 1. The molecular weight excluding hydrogens is 176 g/mol. The van der Waals surface area contributed by atoms with E-state index in [2.05, 4.69) is 24.1 Å². The number of rotatable bonds is 5. The lowest BCUT2D eigenvalue weighted by atomic mass is 10.2. The van der Waals surface area contributed by atoms with Crippen molar-refractivity contribution in [3.63, 3.8) is 0 Å². The molecule has 1 amide bonds. The molecule has 0 saturated carbocycles. The summed E-state index contributed by atoms with van der Waals surface area (Å²) in [5, 5.41) is 2.89. The molecule has 0 aromatic carbocycles. The van der Waals surface area contributed by atoms with E-state index in [1.54, 1.807) is 0 Å². The van der Waals surface area contributed by atoms with Crippen LogP contribution < -0.4 is 5.32 Å². The molecule has 0 bridgehead atoms. The molecule has 0 atom stereocenters. The number of nitrogens with one attached hydrogen (secondary N) is 2. The second-order valence-electron chi connectivity index (χ2n) is 3.89. The predicted molar refractivity (Wildman–Crippen MR) is 57.0 cm³/mol. The van der Waals surface area contributed by atoms with E-state index < -0.39 is 0 Å². The smallest absolute Gasteiger partial charge is 0.220 e. The fraction of sp³-hybridized carbons (Fsp3) is 0.545. The molecular formula is C11H18N2O. The summed E-state index contributed by atoms with van der Waals surface area (Å²) < 4.78 is 0. The van der Waals surface area contributed by atoms with Crippen LogP contribution >= 0.6 is 0 Å². The molecule has 0 aliphatic rings. The average molecular weight is 194 g/mol.